The van der Waals surface area contributed by atoms with Crippen LogP contribution in [0.2, 0.25) is 0 Å². The van der Waals surface area contributed by atoms with E-state index in [-0.39, 0.29) is 18.7 Å². The molecular formula is C13H15F4NO2. The molecule has 0 heterocycles. The quantitative estimate of drug-likeness (QED) is 0.670. The van der Waals surface area contributed by atoms with Gasteiger partial charge in [-0.25, -0.2) is 4.39 Å². The highest BCUT2D eigenvalue weighted by Crippen LogP contribution is 2.30. The summed E-state index contributed by atoms with van der Waals surface area (Å²) in [4.78, 5) is 11.3. The van der Waals surface area contributed by atoms with Crippen LogP contribution in [0.15, 0.2) is 18.2 Å². The molecule has 0 aliphatic heterocycles. The van der Waals surface area contributed by atoms with E-state index in [1.807, 2.05) is 0 Å². The molecule has 0 saturated heterocycles. The van der Waals surface area contributed by atoms with Gasteiger partial charge in [0, 0.05) is 6.54 Å². The second kappa shape index (κ2) is 6.69. The van der Waals surface area contributed by atoms with E-state index in [9.17, 15) is 22.4 Å². The zero-order chi connectivity index (χ0) is 15.3. The Morgan fingerprint density at radius 3 is 2.55 bits per heavy atom. The van der Waals surface area contributed by atoms with Crippen molar-refractivity contribution in [3.63, 3.8) is 0 Å². The third kappa shape index (κ3) is 4.80. The second-order valence-corrected chi connectivity index (χ2v) is 4.20. The van der Waals surface area contributed by atoms with Gasteiger partial charge in [0.25, 0.3) is 0 Å². The lowest BCUT2D eigenvalue weighted by Gasteiger charge is -2.14. The molecule has 0 bridgehead atoms. The predicted octanol–water partition coefficient (Wildman–Crippen LogP) is 2.89. The minimum Gasteiger partial charge on any atom is -0.465 e. The summed E-state index contributed by atoms with van der Waals surface area (Å²) in [6.45, 7) is 3.30. The van der Waals surface area contributed by atoms with E-state index in [1.54, 1.807) is 6.92 Å². The Morgan fingerprint density at radius 2 is 2.00 bits per heavy atom. The van der Waals surface area contributed by atoms with Gasteiger partial charge in [-0.2, -0.15) is 13.2 Å². The summed E-state index contributed by atoms with van der Waals surface area (Å²) in [5.41, 5.74) is -0.952. The molecule has 0 fully saturated rings. The molecule has 0 radical (unpaired) electrons. The molecule has 7 heteroatoms. The topological polar surface area (TPSA) is 38.3 Å². The number of ether oxygens (including phenoxy) is 1. The predicted molar refractivity (Wildman–Crippen MR) is 64.3 cm³/mol. The van der Waals surface area contributed by atoms with E-state index in [1.165, 1.54) is 6.92 Å². The lowest BCUT2D eigenvalue weighted by atomic mass is 10.1. The number of nitrogens with one attached hydrogen (secondary N) is 1. The normalized spacial score (nSPS) is 13.1. The number of alkyl halides is 3. The van der Waals surface area contributed by atoms with Crippen molar-refractivity contribution in [3.05, 3.63) is 35.1 Å². The molecule has 0 aliphatic carbocycles. The fraction of sp³-hybridized carbons (Fsp3) is 0.462. The monoisotopic (exact) mass is 293 g/mol. The molecule has 1 aromatic rings. The Balaban J connectivity index is 2.74. The van der Waals surface area contributed by atoms with Gasteiger partial charge in [-0.15, -0.1) is 0 Å². The SMILES string of the molecule is CCOC(=O)C(C)NCc1cc(F)cc(C(F)(F)F)c1. The summed E-state index contributed by atoms with van der Waals surface area (Å²) in [5.74, 6) is -1.49. The first-order valence-corrected chi connectivity index (χ1v) is 6.00. The number of hydrogen-bond acceptors (Lipinski definition) is 3. The molecule has 20 heavy (non-hydrogen) atoms. The molecule has 0 spiro atoms. The van der Waals surface area contributed by atoms with E-state index in [4.69, 9.17) is 4.74 Å². The molecule has 112 valence electrons. The Bertz CT molecular complexity index is 474. The summed E-state index contributed by atoms with van der Waals surface area (Å²) in [6.07, 6.45) is -4.61. The lowest BCUT2D eigenvalue weighted by Crippen LogP contribution is -2.35. The van der Waals surface area contributed by atoms with Crippen LogP contribution in [-0.2, 0) is 22.3 Å². The molecule has 3 nitrogen and oxygen atoms in total. The number of halogens is 4. The van der Waals surface area contributed by atoms with Gasteiger partial charge < -0.3 is 10.1 Å². The van der Waals surface area contributed by atoms with Gasteiger partial charge in [0.15, 0.2) is 0 Å². The number of carbonyl (C=O) groups is 1. The molecule has 0 aliphatic rings. The van der Waals surface area contributed by atoms with Gasteiger partial charge in [0.1, 0.15) is 11.9 Å². The van der Waals surface area contributed by atoms with Crippen LogP contribution in [0.1, 0.15) is 25.0 Å². The zero-order valence-corrected chi connectivity index (χ0v) is 11.1. The minimum absolute atomic E-state index is 0.0686. The summed E-state index contributed by atoms with van der Waals surface area (Å²) >= 11 is 0. The van der Waals surface area contributed by atoms with Crippen molar-refractivity contribution < 1.29 is 27.1 Å². The second-order valence-electron chi connectivity index (χ2n) is 4.20. The van der Waals surface area contributed by atoms with Gasteiger partial charge in [0.05, 0.1) is 12.2 Å². The van der Waals surface area contributed by atoms with Gasteiger partial charge in [-0.05, 0) is 37.6 Å². The average molecular weight is 293 g/mol. The summed E-state index contributed by atoms with van der Waals surface area (Å²) in [5, 5.41) is 2.68. The van der Waals surface area contributed by atoms with Crippen LogP contribution in [0.5, 0.6) is 0 Å². The maximum Gasteiger partial charge on any atom is 0.416 e. The fourth-order valence-corrected chi connectivity index (χ4v) is 1.54. The van der Waals surface area contributed by atoms with Crippen LogP contribution in [-0.4, -0.2) is 18.6 Å². The zero-order valence-electron chi connectivity index (χ0n) is 11.1. The molecule has 1 rings (SSSR count). The van der Waals surface area contributed by atoms with Gasteiger partial charge >= 0.3 is 12.1 Å². The van der Waals surface area contributed by atoms with E-state index < -0.39 is 29.6 Å². The maximum atomic E-state index is 13.1. The van der Waals surface area contributed by atoms with Gasteiger partial charge in [0.2, 0.25) is 0 Å². The number of esters is 1. The number of carbonyl (C=O) groups excluding carboxylic acids is 1. The number of hydrogen-bond donors (Lipinski definition) is 1. The highest BCUT2D eigenvalue weighted by Gasteiger charge is 2.31. The van der Waals surface area contributed by atoms with Crippen LogP contribution in [0, 0.1) is 5.82 Å². The molecule has 0 amide bonds. The average Bonchev–Trinajstić information content (AvgIpc) is 2.34. The van der Waals surface area contributed by atoms with E-state index in [0.29, 0.717) is 6.07 Å². The van der Waals surface area contributed by atoms with Gasteiger partial charge in [-0.1, -0.05) is 0 Å². The van der Waals surface area contributed by atoms with Crippen LogP contribution < -0.4 is 5.32 Å². The molecule has 1 N–H and O–H groups in total. The van der Waals surface area contributed by atoms with Crippen molar-refractivity contribution in [2.45, 2.75) is 32.6 Å². The van der Waals surface area contributed by atoms with Crippen molar-refractivity contribution in [2.24, 2.45) is 0 Å². The smallest absolute Gasteiger partial charge is 0.416 e. The summed E-state index contributed by atoms with van der Waals surface area (Å²) in [7, 11) is 0. The molecule has 1 atom stereocenters. The first kappa shape index (κ1) is 16.4. The highest BCUT2D eigenvalue weighted by atomic mass is 19.4. The first-order valence-electron chi connectivity index (χ1n) is 6.00. The molecule has 0 saturated carbocycles. The number of benzene rings is 1. The van der Waals surface area contributed by atoms with Crippen LogP contribution >= 0.6 is 0 Å². The van der Waals surface area contributed by atoms with Crippen molar-refractivity contribution in [3.8, 4) is 0 Å². The third-order valence-electron chi connectivity index (χ3n) is 2.54. The van der Waals surface area contributed by atoms with Crippen molar-refractivity contribution >= 4 is 5.97 Å². The molecular weight excluding hydrogens is 278 g/mol. The van der Waals surface area contributed by atoms with Gasteiger partial charge in [-0.3, -0.25) is 4.79 Å². The van der Waals surface area contributed by atoms with E-state index in [0.717, 1.165) is 12.1 Å². The van der Waals surface area contributed by atoms with E-state index >= 15 is 0 Å². The van der Waals surface area contributed by atoms with Crippen molar-refractivity contribution in [2.75, 3.05) is 6.61 Å². The van der Waals surface area contributed by atoms with Crippen LogP contribution in [0.3, 0.4) is 0 Å². The maximum absolute atomic E-state index is 13.1. The third-order valence-corrected chi connectivity index (χ3v) is 2.54. The molecule has 1 aromatic carbocycles. The van der Waals surface area contributed by atoms with Crippen molar-refractivity contribution in [1.82, 2.24) is 5.32 Å². The Morgan fingerprint density at radius 1 is 1.35 bits per heavy atom. The summed E-state index contributed by atoms with van der Waals surface area (Å²) in [6, 6.07) is 1.57. The van der Waals surface area contributed by atoms with Crippen LogP contribution in [0.25, 0.3) is 0 Å². The Labute approximate surface area is 113 Å². The fourth-order valence-electron chi connectivity index (χ4n) is 1.54. The lowest BCUT2D eigenvalue weighted by molar-refractivity contribution is -0.145. The highest BCUT2D eigenvalue weighted by molar-refractivity contribution is 5.75. The largest absolute Gasteiger partial charge is 0.465 e. The van der Waals surface area contributed by atoms with Crippen LogP contribution in [0.4, 0.5) is 17.6 Å². The Kier molecular flexibility index (Phi) is 5.50. The molecule has 0 aromatic heterocycles. The Hall–Kier alpha value is -1.63. The minimum atomic E-state index is -4.61. The number of rotatable bonds is 5. The standard InChI is InChI=1S/C13H15F4NO2/c1-3-20-12(19)8(2)18-7-9-4-10(13(15,16)17)6-11(14)5-9/h4-6,8,18H,3,7H2,1-2H3. The van der Waals surface area contributed by atoms with E-state index in [2.05, 4.69) is 5.32 Å². The molecule has 1 unspecified atom stereocenters. The van der Waals surface area contributed by atoms with Crippen molar-refractivity contribution in [1.29, 1.82) is 0 Å². The first-order chi connectivity index (χ1) is 9.24. The summed E-state index contributed by atoms with van der Waals surface area (Å²) < 4.78 is 55.4.